The molecule has 0 rings (SSSR count). The fourth-order valence-electron chi connectivity index (χ4n) is 0.984. The van der Waals surface area contributed by atoms with E-state index in [2.05, 4.69) is 4.74 Å². The van der Waals surface area contributed by atoms with Crippen LogP contribution in [0.2, 0.25) is 0 Å². The summed E-state index contributed by atoms with van der Waals surface area (Å²) in [4.78, 5) is 22.0. The molecule has 0 aliphatic carbocycles. The number of halogens is 2. The molecule has 1 atom stereocenters. The van der Waals surface area contributed by atoms with Gasteiger partial charge in [0, 0.05) is 0 Å². The number of hydrogen-bond acceptors (Lipinski definition) is 3. The number of hydrogen-bond donors (Lipinski definition) is 1. The number of ether oxygens (including phenoxy) is 1. The van der Waals surface area contributed by atoms with Crippen molar-refractivity contribution in [2.24, 2.45) is 5.41 Å². The third kappa shape index (κ3) is 3.64. The van der Waals surface area contributed by atoms with Crippen LogP contribution in [0.3, 0.4) is 0 Å². The maximum Gasteiger partial charge on any atom is 0.378 e. The largest absolute Gasteiger partial charge is 0.477 e. The van der Waals surface area contributed by atoms with Gasteiger partial charge in [0.1, 0.15) is 0 Å². The zero-order valence-corrected chi connectivity index (χ0v) is 10.4. The summed E-state index contributed by atoms with van der Waals surface area (Å²) in [5, 5.41) is 8.37. The monoisotopic (exact) mass is 252 g/mol. The summed E-state index contributed by atoms with van der Waals surface area (Å²) in [6, 6.07) is 0. The normalized spacial score (nSPS) is 14.2. The molecule has 0 spiro atoms. The summed E-state index contributed by atoms with van der Waals surface area (Å²) < 4.78 is 31.0. The second-order valence-electron chi connectivity index (χ2n) is 4.47. The van der Waals surface area contributed by atoms with Gasteiger partial charge >= 0.3 is 17.9 Å². The van der Waals surface area contributed by atoms with Gasteiger partial charge in [-0.2, -0.15) is 8.78 Å². The molecule has 0 radical (unpaired) electrons. The van der Waals surface area contributed by atoms with Crippen molar-refractivity contribution < 1.29 is 28.2 Å². The minimum absolute atomic E-state index is 0.259. The molecular formula is C11H18F2O4. The van der Waals surface area contributed by atoms with Gasteiger partial charge in [-0.05, 0) is 26.7 Å². The highest BCUT2D eigenvalue weighted by Gasteiger charge is 2.50. The quantitative estimate of drug-likeness (QED) is 0.737. The molecule has 0 fully saturated rings. The molecule has 0 aliphatic rings. The van der Waals surface area contributed by atoms with Crippen LogP contribution in [0.4, 0.5) is 8.78 Å². The topological polar surface area (TPSA) is 63.6 Å². The summed E-state index contributed by atoms with van der Waals surface area (Å²) in [6.07, 6.45) is -1.77. The first-order valence-corrected chi connectivity index (χ1v) is 5.41. The standard InChI is InChI=1S/C11H18F2O4/c1-5-7(11(12,13)8(14)15)17-9(16)10(3,4)6-2/h7H,5-6H2,1-4H3,(H,14,15). The second kappa shape index (κ2) is 5.42. The van der Waals surface area contributed by atoms with E-state index in [4.69, 9.17) is 5.11 Å². The Hall–Kier alpha value is -1.20. The van der Waals surface area contributed by atoms with Crippen LogP contribution >= 0.6 is 0 Å². The zero-order chi connectivity index (χ0) is 13.9. The van der Waals surface area contributed by atoms with Gasteiger partial charge in [0.15, 0.2) is 6.10 Å². The molecule has 0 saturated carbocycles. The highest BCUT2D eigenvalue weighted by Crippen LogP contribution is 2.28. The SMILES string of the molecule is CCC(OC(=O)C(C)(C)CC)C(F)(F)C(=O)O. The van der Waals surface area contributed by atoms with Crippen molar-refractivity contribution in [2.45, 2.75) is 52.6 Å². The average Bonchev–Trinajstić information content (AvgIpc) is 2.24. The predicted molar refractivity (Wildman–Crippen MR) is 56.8 cm³/mol. The maximum absolute atomic E-state index is 13.2. The Balaban J connectivity index is 4.85. The van der Waals surface area contributed by atoms with Crippen molar-refractivity contribution in [2.75, 3.05) is 0 Å². The van der Waals surface area contributed by atoms with Crippen LogP contribution in [0, 0.1) is 5.41 Å². The fraction of sp³-hybridized carbons (Fsp3) is 0.818. The van der Waals surface area contributed by atoms with Crippen molar-refractivity contribution in [3.63, 3.8) is 0 Å². The molecule has 0 aromatic carbocycles. The minimum atomic E-state index is -4.06. The van der Waals surface area contributed by atoms with E-state index in [0.717, 1.165) is 0 Å². The summed E-state index contributed by atoms with van der Waals surface area (Å²) in [5.41, 5.74) is -0.901. The van der Waals surface area contributed by atoms with E-state index in [1.54, 1.807) is 20.8 Å². The zero-order valence-electron chi connectivity index (χ0n) is 10.4. The second-order valence-corrected chi connectivity index (χ2v) is 4.47. The smallest absolute Gasteiger partial charge is 0.378 e. The Morgan fingerprint density at radius 2 is 1.76 bits per heavy atom. The molecule has 17 heavy (non-hydrogen) atoms. The number of rotatable bonds is 6. The van der Waals surface area contributed by atoms with Crippen LogP contribution in [-0.2, 0) is 14.3 Å². The van der Waals surface area contributed by atoms with Gasteiger partial charge in [0.05, 0.1) is 5.41 Å². The fourth-order valence-corrected chi connectivity index (χ4v) is 0.984. The molecule has 100 valence electrons. The number of carbonyl (C=O) groups excluding carboxylic acids is 1. The van der Waals surface area contributed by atoms with Crippen LogP contribution < -0.4 is 0 Å². The Morgan fingerprint density at radius 1 is 1.29 bits per heavy atom. The van der Waals surface area contributed by atoms with E-state index >= 15 is 0 Å². The van der Waals surface area contributed by atoms with Gasteiger partial charge in [0.25, 0.3) is 0 Å². The van der Waals surface area contributed by atoms with Crippen LogP contribution in [-0.4, -0.2) is 29.1 Å². The molecule has 6 heteroatoms. The lowest BCUT2D eigenvalue weighted by Gasteiger charge is -2.27. The molecular weight excluding hydrogens is 234 g/mol. The third-order valence-electron chi connectivity index (χ3n) is 2.75. The first-order valence-electron chi connectivity index (χ1n) is 5.41. The number of carboxylic acid groups (broad SMARTS) is 1. The van der Waals surface area contributed by atoms with Gasteiger partial charge < -0.3 is 9.84 Å². The van der Waals surface area contributed by atoms with Crippen molar-refractivity contribution in [3.8, 4) is 0 Å². The summed E-state index contributed by atoms with van der Waals surface area (Å²) in [6.45, 7) is 6.17. The van der Waals surface area contributed by atoms with Crippen LogP contribution in [0.5, 0.6) is 0 Å². The summed E-state index contributed by atoms with van der Waals surface area (Å²) in [7, 11) is 0. The predicted octanol–water partition coefficient (Wildman–Crippen LogP) is 2.46. The van der Waals surface area contributed by atoms with E-state index in [1.807, 2.05) is 0 Å². The third-order valence-corrected chi connectivity index (χ3v) is 2.75. The maximum atomic E-state index is 13.2. The van der Waals surface area contributed by atoms with Crippen LogP contribution in [0.15, 0.2) is 0 Å². The first kappa shape index (κ1) is 15.8. The number of carbonyl (C=O) groups is 2. The highest BCUT2D eigenvalue weighted by molar-refractivity contribution is 5.79. The highest BCUT2D eigenvalue weighted by atomic mass is 19.3. The molecule has 0 heterocycles. The number of esters is 1. The van der Waals surface area contributed by atoms with Crippen molar-refractivity contribution in [1.29, 1.82) is 0 Å². The van der Waals surface area contributed by atoms with Crippen molar-refractivity contribution in [1.82, 2.24) is 0 Å². The van der Waals surface area contributed by atoms with Gasteiger partial charge in [-0.25, -0.2) is 4.79 Å². The van der Waals surface area contributed by atoms with Gasteiger partial charge in [-0.3, -0.25) is 4.79 Å². The first-order chi connectivity index (χ1) is 7.59. The van der Waals surface area contributed by atoms with E-state index in [1.165, 1.54) is 6.92 Å². The summed E-state index contributed by atoms with van der Waals surface area (Å²) in [5.74, 6) is -7.16. The van der Waals surface area contributed by atoms with E-state index in [0.29, 0.717) is 6.42 Å². The Bertz CT molecular complexity index is 300. The molecule has 1 unspecified atom stereocenters. The minimum Gasteiger partial charge on any atom is -0.477 e. The molecule has 0 aliphatic heterocycles. The lowest BCUT2D eigenvalue weighted by atomic mass is 9.90. The number of aliphatic carboxylic acids is 1. The van der Waals surface area contributed by atoms with Gasteiger partial charge in [0.2, 0.25) is 0 Å². The van der Waals surface area contributed by atoms with Gasteiger partial charge in [-0.1, -0.05) is 13.8 Å². The molecule has 0 bridgehead atoms. The van der Waals surface area contributed by atoms with Crippen molar-refractivity contribution >= 4 is 11.9 Å². The lowest BCUT2D eigenvalue weighted by Crippen LogP contribution is -2.45. The van der Waals surface area contributed by atoms with Gasteiger partial charge in [-0.15, -0.1) is 0 Å². The Morgan fingerprint density at radius 3 is 2.06 bits per heavy atom. The molecule has 0 aromatic heterocycles. The Kier molecular flexibility index (Phi) is 5.04. The molecule has 0 amide bonds. The summed E-state index contributed by atoms with van der Waals surface area (Å²) >= 11 is 0. The number of carboxylic acids is 1. The van der Waals surface area contributed by atoms with E-state index < -0.39 is 29.4 Å². The average molecular weight is 252 g/mol. The molecule has 0 saturated heterocycles. The van der Waals surface area contributed by atoms with Crippen LogP contribution in [0.1, 0.15) is 40.5 Å². The molecule has 0 aromatic rings. The molecule has 4 nitrogen and oxygen atoms in total. The Labute approximate surface area is 99.0 Å². The van der Waals surface area contributed by atoms with E-state index in [-0.39, 0.29) is 6.42 Å². The number of alkyl halides is 2. The molecule has 1 N–H and O–H groups in total. The lowest BCUT2D eigenvalue weighted by molar-refractivity contribution is -0.198. The van der Waals surface area contributed by atoms with E-state index in [9.17, 15) is 18.4 Å². The van der Waals surface area contributed by atoms with Crippen LogP contribution in [0.25, 0.3) is 0 Å². The van der Waals surface area contributed by atoms with Crippen molar-refractivity contribution in [3.05, 3.63) is 0 Å².